The van der Waals surface area contributed by atoms with Crippen molar-refractivity contribution in [3.05, 3.63) is 77.0 Å². The van der Waals surface area contributed by atoms with Crippen LogP contribution in [0.1, 0.15) is 22.4 Å². The molecule has 0 saturated carbocycles. The molecule has 1 amide bonds. The Hall–Kier alpha value is -2.92. The van der Waals surface area contributed by atoms with Crippen LogP contribution < -0.4 is 5.32 Å². The first-order valence-corrected chi connectivity index (χ1v) is 9.09. The molecule has 1 heterocycles. The van der Waals surface area contributed by atoms with Crippen LogP contribution in [0.2, 0.25) is 0 Å². The summed E-state index contributed by atoms with van der Waals surface area (Å²) in [6.45, 7) is 7.07. The van der Waals surface area contributed by atoms with E-state index in [2.05, 4.69) is 41.6 Å². The molecule has 0 fully saturated rings. The average Bonchev–Trinajstić information content (AvgIpc) is 2.97. The molecule has 5 heteroatoms. The summed E-state index contributed by atoms with van der Waals surface area (Å²) in [5.41, 5.74) is 5.36. The van der Waals surface area contributed by atoms with Gasteiger partial charge < -0.3 is 5.32 Å². The van der Waals surface area contributed by atoms with Crippen molar-refractivity contribution in [1.29, 1.82) is 0 Å². The van der Waals surface area contributed by atoms with Gasteiger partial charge in [0.15, 0.2) is 0 Å². The van der Waals surface area contributed by atoms with Gasteiger partial charge in [0.05, 0.1) is 17.9 Å². The number of aromatic nitrogens is 2. The van der Waals surface area contributed by atoms with E-state index in [1.165, 1.54) is 11.1 Å². The fraction of sp³-hybridized carbons (Fsp3) is 0.273. The molecule has 1 aromatic heterocycles. The van der Waals surface area contributed by atoms with E-state index in [9.17, 15) is 4.79 Å². The smallest absolute Gasteiger partial charge is 0.239 e. The molecule has 3 aromatic rings. The quantitative estimate of drug-likeness (QED) is 0.724. The number of amides is 1. The minimum Gasteiger partial charge on any atom is -0.309 e. The van der Waals surface area contributed by atoms with E-state index < -0.39 is 0 Å². The number of hydrogen-bond donors (Lipinski definition) is 1. The predicted molar refractivity (Wildman–Crippen MR) is 109 cm³/mol. The van der Waals surface area contributed by atoms with Crippen LogP contribution in [0.25, 0.3) is 5.69 Å². The molecule has 0 aliphatic carbocycles. The van der Waals surface area contributed by atoms with E-state index in [4.69, 9.17) is 0 Å². The van der Waals surface area contributed by atoms with Gasteiger partial charge in [-0.3, -0.25) is 9.69 Å². The number of hydrogen-bond acceptors (Lipinski definition) is 3. The van der Waals surface area contributed by atoms with Crippen molar-refractivity contribution >= 4 is 11.7 Å². The molecule has 0 spiro atoms. The molecular formula is C22H26N4O. The monoisotopic (exact) mass is 362 g/mol. The first kappa shape index (κ1) is 18.9. The number of carbonyl (C=O) groups is 1. The Morgan fingerprint density at radius 3 is 2.48 bits per heavy atom. The van der Waals surface area contributed by atoms with Crippen molar-refractivity contribution in [3.8, 4) is 5.69 Å². The fourth-order valence-electron chi connectivity index (χ4n) is 3.06. The number of rotatable bonds is 6. The Balaban J connectivity index is 1.67. The minimum absolute atomic E-state index is 0.0562. The third-order valence-electron chi connectivity index (χ3n) is 4.43. The lowest BCUT2D eigenvalue weighted by atomic mass is 10.1. The summed E-state index contributed by atoms with van der Waals surface area (Å²) in [5.74, 6) is 0.634. The first-order chi connectivity index (χ1) is 12.9. The van der Waals surface area contributed by atoms with Crippen LogP contribution in [0.4, 0.5) is 5.82 Å². The van der Waals surface area contributed by atoms with Crippen molar-refractivity contribution in [1.82, 2.24) is 14.7 Å². The molecule has 0 bridgehead atoms. The van der Waals surface area contributed by atoms with Gasteiger partial charge in [-0.05, 0) is 45.0 Å². The van der Waals surface area contributed by atoms with E-state index >= 15 is 0 Å². The standard InChI is InChI=1S/C22H26N4O/c1-16-9-11-19(12-10-16)14-25(4)15-22(27)23-21-13-18(3)24-26(21)20-8-6-5-7-17(20)2/h5-13H,14-15H2,1-4H3,(H,23,27). The fourth-order valence-corrected chi connectivity index (χ4v) is 3.06. The Labute approximate surface area is 160 Å². The maximum Gasteiger partial charge on any atom is 0.239 e. The molecule has 0 aliphatic rings. The normalized spacial score (nSPS) is 11.0. The highest BCUT2D eigenvalue weighted by molar-refractivity contribution is 5.91. The number of likely N-dealkylation sites (N-methyl/N-ethyl adjacent to an activating group) is 1. The van der Waals surface area contributed by atoms with Crippen LogP contribution >= 0.6 is 0 Å². The summed E-state index contributed by atoms with van der Waals surface area (Å²) < 4.78 is 1.79. The number of anilines is 1. The van der Waals surface area contributed by atoms with Gasteiger partial charge in [-0.2, -0.15) is 5.10 Å². The number of para-hydroxylation sites is 1. The summed E-state index contributed by atoms with van der Waals surface area (Å²) in [6.07, 6.45) is 0. The van der Waals surface area contributed by atoms with Crippen LogP contribution in [0.3, 0.4) is 0 Å². The molecule has 0 atom stereocenters. The lowest BCUT2D eigenvalue weighted by Crippen LogP contribution is -2.30. The molecule has 0 unspecified atom stereocenters. The highest BCUT2D eigenvalue weighted by atomic mass is 16.2. The van der Waals surface area contributed by atoms with Crippen LogP contribution in [0, 0.1) is 20.8 Å². The van der Waals surface area contributed by atoms with Crippen molar-refractivity contribution in [2.24, 2.45) is 0 Å². The first-order valence-electron chi connectivity index (χ1n) is 9.09. The molecular weight excluding hydrogens is 336 g/mol. The molecule has 3 rings (SSSR count). The molecule has 27 heavy (non-hydrogen) atoms. The van der Waals surface area contributed by atoms with Crippen LogP contribution in [-0.2, 0) is 11.3 Å². The van der Waals surface area contributed by atoms with Gasteiger partial charge >= 0.3 is 0 Å². The molecule has 2 aromatic carbocycles. The van der Waals surface area contributed by atoms with Crippen molar-refractivity contribution in [3.63, 3.8) is 0 Å². The predicted octanol–water partition coefficient (Wildman–Crippen LogP) is 3.87. The van der Waals surface area contributed by atoms with Crippen molar-refractivity contribution in [2.75, 3.05) is 18.9 Å². The maximum atomic E-state index is 12.6. The Bertz CT molecular complexity index is 928. The van der Waals surface area contributed by atoms with Crippen molar-refractivity contribution in [2.45, 2.75) is 27.3 Å². The van der Waals surface area contributed by atoms with E-state index in [-0.39, 0.29) is 5.91 Å². The van der Waals surface area contributed by atoms with E-state index in [0.717, 1.165) is 23.5 Å². The number of aryl methyl sites for hydroxylation is 3. The second-order valence-electron chi connectivity index (χ2n) is 7.08. The van der Waals surface area contributed by atoms with Crippen LogP contribution in [0.15, 0.2) is 54.6 Å². The zero-order chi connectivity index (χ0) is 19.4. The number of benzene rings is 2. The van der Waals surface area contributed by atoms with Gasteiger partial charge in [0.25, 0.3) is 0 Å². The largest absolute Gasteiger partial charge is 0.309 e. The second-order valence-corrected chi connectivity index (χ2v) is 7.08. The summed E-state index contributed by atoms with van der Waals surface area (Å²) in [7, 11) is 1.95. The number of carbonyl (C=O) groups excluding carboxylic acids is 1. The molecule has 5 nitrogen and oxygen atoms in total. The zero-order valence-electron chi connectivity index (χ0n) is 16.4. The van der Waals surface area contributed by atoms with Crippen molar-refractivity contribution < 1.29 is 4.79 Å². The maximum absolute atomic E-state index is 12.6. The molecule has 1 N–H and O–H groups in total. The highest BCUT2D eigenvalue weighted by Crippen LogP contribution is 2.20. The molecule has 140 valence electrons. The summed E-state index contributed by atoms with van der Waals surface area (Å²) >= 11 is 0. The topological polar surface area (TPSA) is 50.2 Å². The summed E-state index contributed by atoms with van der Waals surface area (Å²) in [6, 6.07) is 18.3. The van der Waals surface area contributed by atoms with Gasteiger partial charge in [0.2, 0.25) is 5.91 Å². The van der Waals surface area contributed by atoms with Gasteiger partial charge in [-0.25, -0.2) is 4.68 Å². The minimum atomic E-state index is -0.0562. The summed E-state index contributed by atoms with van der Waals surface area (Å²) in [4.78, 5) is 14.6. The lowest BCUT2D eigenvalue weighted by Gasteiger charge is -2.17. The second kappa shape index (κ2) is 8.18. The third-order valence-corrected chi connectivity index (χ3v) is 4.43. The van der Waals surface area contributed by atoms with Gasteiger partial charge in [0, 0.05) is 12.6 Å². The number of nitrogens with zero attached hydrogens (tertiary/aromatic N) is 3. The molecule has 0 radical (unpaired) electrons. The SMILES string of the molecule is Cc1ccc(CN(C)CC(=O)Nc2cc(C)nn2-c2ccccc2C)cc1. The average molecular weight is 362 g/mol. The Morgan fingerprint density at radius 2 is 1.78 bits per heavy atom. The Morgan fingerprint density at radius 1 is 1.07 bits per heavy atom. The zero-order valence-corrected chi connectivity index (χ0v) is 16.4. The van der Waals surface area contributed by atoms with Gasteiger partial charge in [0.1, 0.15) is 5.82 Å². The van der Waals surface area contributed by atoms with E-state index in [0.29, 0.717) is 12.4 Å². The summed E-state index contributed by atoms with van der Waals surface area (Å²) in [5, 5.41) is 7.54. The van der Waals surface area contributed by atoms with Gasteiger partial charge in [-0.15, -0.1) is 0 Å². The molecule has 0 aliphatic heterocycles. The van der Waals surface area contributed by atoms with Gasteiger partial charge in [-0.1, -0.05) is 48.0 Å². The van der Waals surface area contributed by atoms with E-state index in [1.807, 2.05) is 56.1 Å². The number of nitrogens with one attached hydrogen (secondary N) is 1. The molecule has 0 saturated heterocycles. The third kappa shape index (κ3) is 4.83. The van der Waals surface area contributed by atoms with Crippen LogP contribution in [-0.4, -0.2) is 34.2 Å². The highest BCUT2D eigenvalue weighted by Gasteiger charge is 2.14. The lowest BCUT2D eigenvalue weighted by molar-refractivity contribution is -0.117. The van der Waals surface area contributed by atoms with E-state index in [1.54, 1.807) is 4.68 Å². The van der Waals surface area contributed by atoms with Crippen LogP contribution in [0.5, 0.6) is 0 Å². The Kier molecular flexibility index (Phi) is 5.72.